The summed E-state index contributed by atoms with van der Waals surface area (Å²) >= 11 is 0. The van der Waals surface area contributed by atoms with Crippen LogP contribution in [0.5, 0.6) is 0 Å². The van der Waals surface area contributed by atoms with Crippen molar-refractivity contribution in [1.29, 1.82) is 0 Å². The summed E-state index contributed by atoms with van der Waals surface area (Å²) in [6.45, 7) is 0.266. The fourth-order valence-electron chi connectivity index (χ4n) is 3.26. The molecule has 4 rings (SSSR count). The van der Waals surface area contributed by atoms with Crippen LogP contribution in [0, 0.1) is 0 Å². The smallest absolute Gasteiger partial charge is 0.408 e. The quantitative estimate of drug-likeness (QED) is 0.551. The van der Waals surface area contributed by atoms with Gasteiger partial charge >= 0.3 is 5.76 Å². The van der Waals surface area contributed by atoms with Crippen molar-refractivity contribution in [3.05, 3.63) is 101 Å². The Labute approximate surface area is 162 Å². The first-order chi connectivity index (χ1) is 13.7. The maximum absolute atomic E-state index is 12.5. The van der Waals surface area contributed by atoms with Gasteiger partial charge in [-0.2, -0.15) is 0 Å². The van der Waals surface area contributed by atoms with E-state index in [0.717, 1.165) is 17.7 Å². The van der Waals surface area contributed by atoms with Crippen LogP contribution in [0.4, 0.5) is 5.69 Å². The summed E-state index contributed by atoms with van der Waals surface area (Å²) < 4.78 is 6.70. The summed E-state index contributed by atoms with van der Waals surface area (Å²) in [5.41, 5.74) is 4.25. The second kappa shape index (κ2) is 7.96. The van der Waals surface area contributed by atoms with Gasteiger partial charge in [-0.15, -0.1) is 0 Å². The number of carbonyl (C=O) groups excluding carboxylic acids is 1. The van der Waals surface area contributed by atoms with Gasteiger partial charge < -0.3 is 9.73 Å². The number of nitrogens with zero attached hydrogens (tertiary/aromatic N) is 1. The first kappa shape index (κ1) is 17.8. The molecule has 0 radical (unpaired) electrons. The van der Waals surface area contributed by atoms with Crippen molar-refractivity contribution in [2.24, 2.45) is 0 Å². The molecule has 5 heteroatoms. The lowest BCUT2D eigenvalue weighted by Crippen LogP contribution is -2.20. The Morgan fingerprint density at radius 3 is 2.46 bits per heavy atom. The Balaban J connectivity index is 1.46. The summed E-state index contributed by atoms with van der Waals surface area (Å²) in [4.78, 5) is 24.5. The topological polar surface area (TPSA) is 64.2 Å². The van der Waals surface area contributed by atoms with E-state index in [4.69, 9.17) is 4.42 Å². The van der Waals surface area contributed by atoms with Gasteiger partial charge in [0, 0.05) is 18.7 Å². The van der Waals surface area contributed by atoms with Crippen molar-refractivity contribution in [2.45, 2.75) is 19.4 Å². The van der Waals surface area contributed by atoms with Gasteiger partial charge in [0.15, 0.2) is 5.58 Å². The van der Waals surface area contributed by atoms with Crippen molar-refractivity contribution in [3.8, 4) is 0 Å². The molecule has 5 nitrogen and oxygen atoms in total. The van der Waals surface area contributed by atoms with Gasteiger partial charge in [0.1, 0.15) is 0 Å². The fraction of sp³-hybridized carbons (Fsp3) is 0.130. The average Bonchev–Trinajstić information content (AvgIpc) is 3.04. The largest absolute Gasteiger partial charge is 0.419 e. The molecule has 0 fully saturated rings. The highest BCUT2D eigenvalue weighted by Crippen LogP contribution is 2.19. The van der Waals surface area contributed by atoms with Gasteiger partial charge in [0.25, 0.3) is 0 Å². The minimum absolute atomic E-state index is 0.141. The van der Waals surface area contributed by atoms with Crippen LogP contribution >= 0.6 is 0 Å². The van der Waals surface area contributed by atoms with Gasteiger partial charge in [0.2, 0.25) is 5.91 Å². The molecule has 0 aliphatic heterocycles. The maximum Gasteiger partial charge on any atom is 0.419 e. The SMILES string of the molecule is O=C(CCn1c(=O)oc2ccccc21)Nc1ccccc1Cc1ccccc1. The molecule has 0 unspecified atom stereocenters. The van der Waals surface area contributed by atoms with Crippen LogP contribution in [0.2, 0.25) is 0 Å². The number of fused-ring (bicyclic) bond motifs is 1. The number of aryl methyl sites for hydroxylation is 1. The molecule has 1 amide bonds. The van der Waals surface area contributed by atoms with Crippen molar-refractivity contribution < 1.29 is 9.21 Å². The third-order valence-electron chi connectivity index (χ3n) is 4.67. The molecule has 0 aliphatic rings. The molecule has 0 saturated carbocycles. The van der Waals surface area contributed by atoms with E-state index in [0.29, 0.717) is 11.1 Å². The molecule has 1 aromatic heterocycles. The van der Waals surface area contributed by atoms with E-state index in [1.165, 1.54) is 10.1 Å². The standard InChI is InChI=1S/C23H20N2O3/c26-22(14-15-25-20-12-6-7-13-21(20)28-23(25)27)24-19-11-5-4-10-18(19)16-17-8-2-1-3-9-17/h1-13H,14-16H2,(H,24,26). The van der Waals surface area contributed by atoms with Crippen LogP contribution < -0.4 is 11.1 Å². The number of benzene rings is 3. The number of para-hydroxylation sites is 3. The maximum atomic E-state index is 12.5. The Hall–Kier alpha value is -3.60. The number of anilines is 1. The number of oxazole rings is 1. The number of aromatic nitrogens is 1. The van der Waals surface area contributed by atoms with Gasteiger partial charge in [-0.3, -0.25) is 9.36 Å². The molecule has 0 spiro atoms. The highest BCUT2D eigenvalue weighted by Gasteiger charge is 2.12. The zero-order valence-corrected chi connectivity index (χ0v) is 15.3. The van der Waals surface area contributed by atoms with Crippen LogP contribution in [0.3, 0.4) is 0 Å². The van der Waals surface area contributed by atoms with E-state index in [9.17, 15) is 9.59 Å². The Kier molecular flexibility index (Phi) is 5.06. The number of amides is 1. The number of hydrogen-bond donors (Lipinski definition) is 1. The van der Waals surface area contributed by atoms with Gasteiger partial charge in [-0.05, 0) is 35.7 Å². The number of rotatable bonds is 6. The number of carbonyl (C=O) groups is 1. The summed E-state index contributed by atoms with van der Waals surface area (Å²) in [5, 5.41) is 2.98. The molecular formula is C23H20N2O3. The summed E-state index contributed by atoms with van der Waals surface area (Å²) in [6, 6.07) is 25.1. The highest BCUT2D eigenvalue weighted by atomic mass is 16.4. The van der Waals surface area contributed by atoms with E-state index in [-0.39, 0.29) is 18.9 Å². The van der Waals surface area contributed by atoms with E-state index in [2.05, 4.69) is 17.4 Å². The average molecular weight is 372 g/mol. The first-order valence-electron chi connectivity index (χ1n) is 9.21. The summed E-state index contributed by atoms with van der Waals surface area (Å²) in [7, 11) is 0. The van der Waals surface area contributed by atoms with Crippen LogP contribution in [0.1, 0.15) is 17.5 Å². The van der Waals surface area contributed by atoms with Crippen molar-refractivity contribution in [1.82, 2.24) is 4.57 Å². The van der Waals surface area contributed by atoms with E-state index < -0.39 is 5.76 Å². The third-order valence-corrected chi connectivity index (χ3v) is 4.67. The fourth-order valence-corrected chi connectivity index (χ4v) is 3.26. The molecule has 28 heavy (non-hydrogen) atoms. The Morgan fingerprint density at radius 1 is 0.893 bits per heavy atom. The van der Waals surface area contributed by atoms with Crippen molar-refractivity contribution in [2.75, 3.05) is 5.32 Å². The van der Waals surface area contributed by atoms with Gasteiger partial charge in [-0.1, -0.05) is 60.7 Å². The monoisotopic (exact) mass is 372 g/mol. The van der Waals surface area contributed by atoms with Gasteiger partial charge in [-0.25, -0.2) is 4.79 Å². The van der Waals surface area contributed by atoms with Crippen LogP contribution in [0.15, 0.2) is 88.1 Å². The minimum atomic E-state index is -0.446. The second-order valence-corrected chi connectivity index (χ2v) is 6.61. The van der Waals surface area contributed by atoms with E-state index >= 15 is 0 Å². The third kappa shape index (κ3) is 3.88. The van der Waals surface area contributed by atoms with Gasteiger partial charge in [0.05, 0.1) is 5.52 Å². The first-order valence-corrected chi connectivity index (χ1v) is 9.21. The second-order valence-electron chi connectivity index (χ2n) is 6.61. The molecule has 1 heterocycles. The van der Waals surface area contributed by atoms with Crippen LogP contribution in [0.25, 0.3) is 11.1 Å². The molecule has 0 saturated heterocycles. The molecule has 140 valence electrons. The zero-order chi connectivity index (χ0) is 19.3. The molecule has 0 aliphatic carbocycles. The minimum Gasteiger partial charge on any atom is -0.408 e. The molecule has 0 bridgehead atoms. The Morgan fingerprint density at radius 2 is 1.61 bits per heavy atom. The normalized spacial score (nSPS) is 10.9. The molecule has 3 aromatic carbocycles. The van der Waals surface area contributed by atoms with Crippen LogP contribution in [-0.2, 0) is 17.8 Å². The zero-order valence-electron chi connectivity index (χ0n) is 15.3. The van der Waals surface area contributed by atoms with Crippen molar-refractivity contribution >= 4 is 22.7 Å². The number of hydrogen-bond acceptors (Lipinski definition) is 3. The number of nitrogens with one attached hydrogen (secondary N) is 1. The highest BCUT2D eigenvalue weighted by molar-refractivity contribution is 5.91. The van der Waals surface area contributed by atoms with Crippen molar-refractivity contribution in [3.63, 3.8) is 0 Å². The molecule has 4 aromatic rings. The molecule has 0 atom stereocenters. The lowest BCUT2D eigenvalue weighted by Gasteiger charge is -2.11. The lowest BCUT2D eigenvalue weighted by molar-refractivity contribution is -0.116. The van der Waals surface area contributed by atoms with Crippen LogP contribution in [-0.4, -0.2) is 10.5 Å². The summed E-state index contributed by atoms with van der Waals surface area (Å²) in [5.74, 6) is -0.587. The lowest BCUT2D eigenvalue weighted by atomic mass is 10.0. The predicted molar refractivity (Wildman–Crippen MR) is 109 cm³/mol. The molecular weight excluding hydrogens is 352 g/mol. The summed E-state index contributed by atoms with van der Waals surface area (Å²) in [6.07, 6.45) is 0.923. The predicted octanol–water partition coefficient (Wildman–Crippen LogP) is 4.21. The van der Waals surface area contributed by atoms with E-state index in [1.807, 2.05) is 60.7 Å². The Bertz CT molecular complexity index is 1160. The van der Waals surface area contributed by atoms with E-state index in [1.54, 1.807) is 6.07 Å². The molecule has 1 N–H and O–H groups in total.